The molecule has 0 radical (unpaired) electrons. The molecule has 0 fully saturated rings. The van der Waals surface area contributed by atoms with Crippen LogP contribution in [0.4, 0.5) is 0 Å². The quantitative estimate of drug-likeness (QED) is 0.723. The number of H-pyrrole nitrogens is 1. The number of aromatic hydroxyl groups is 1. The summed E-state index contributed by atoms with van der Waals surface area (Å²) in [5.74, 6) is -0.963. The fraction of sp³-hybridized carbons (Fsp3) is 0.0833. The average molecular weight is 217 g/mol. The number of rotatable bonds is 2. The highest BCUT2D eigenvalue weighted by Crippen LogP contribution is 2.31. The third kappa shape index (κ3) is 1.65. The van der Waals surface area contributed by atoms with E-state index in [0.29, 0.717) is 11.1 Å². The van der Waals surface area contributed by atoms with Crippen LogP contribution in [0.15, 0.2) is 30.3 Å². The number of carboxylic acids is 1. The maximum absolute atomic E-state index is 11.0. The standard InChI is InChI=1S/C12H11NO3/c1-7-6-9(11(13-7)12(15)16)8-4-2-3-5-10(8)14/h2-6,13-14H,1H3,(H,15,16). The van der Waals surface area contributed by atoms with Crippen molar-refractivity contribution in [2.24, 2.45) is 0 Å². The van der Waals surface area contributed by atoms with Gasteiger partial charge in [0.15, 0.2) is 0 Å². The number of nitrogens with one attached hydrogen (secondary N) is 1. The maximum Gasteiger partial charge on any atom is 0.352 e. The van der Waals surface area contributed by atoms with Gasteiger partial charge >= 0.3 is 5.97 Å². The minimum atomic E-state index is -1.04. The first-order valence-corrected chi connectivity index (χ1v) is 4.81. The Morgan fingerprint density at radius 1 is 1.25 bits per heavy atom. The second-order valence-corrected chi connectivity index (χ2v) is 3.56. The van der Waals surface area contributed by atoms with Gasteiger partial charge in [-0.1, -0.05) is 18.2 Å². The molecule has 4 heteroatoms. The minimum Gasteiger partial charge on any atom is -0.507 e. The normalized spacial score (nSPS) is 10.3. The average Bonchev–Trinajstić information content (AvgIpc) is 2.61. The van der Waals surface area contributed by atoms with Gasteiger partial charge in [0, 0.05) is 16.8 Å². The lowest BCUT2D eigenvalue weighted by molar-refractivity contribution is 0.0692. The summed E-state index contributed by atoms with van der Waals surface area (Å²) in [6.45, 7) is 1.77. The van der Waals surface area contributed by atoms with E-state index in [0.717, 1.165) is 5.69 Å². The first-order valence-electron chi connectivity index (χ1n) is 4.81. The molecule has 0 bridgehead atoms. The number of phenols is 1. The predicted molar refractivity (Wildman–Crippen MR) is 59.6 cm³/mol. The van der Waals surface area contributed by atoms with Gasteiger partial charge in [-0.2, -0.15) is 0 Å². The van der Waals surface area contributed by atoms with Gasteiger partial charge in [0.25, 0.3) is 0 Å². The third-order valence-electron chi connectivity index (χ3n) is 2.36. The van der Waals surface area contributed by atoms with Crippen molar-refractivity contribution in [1.82, 2.24) is 4.98 Å². The van der Waals surface area contributed by atoms with Crippen molar-refractivity contribution in [3.63, 3.8) is 0 Å². The molecular formula is C12H11NO3. The van der Waals surface area contributed by atoms with Crippen LogP contribution in [0.3, 0.4) is 0 Å². The Bertz CT molecular complexity index is 543. The van der Waals surface area contributed by atoms with Crippen molar-refractivity contribution in [1.29, 1.82) is 0 Å². The Balaban J connectivity index is 2.64. The summed E-state index contributed by atoms with van der Waals surface area (Å²) in [4.78, 5) is 13.8. The van der Waals surface area contributed by atoms with Crippen LogP contribution in [0, 0.1) is 6.92 Å². The Hall–Kier alpha value is -2.23. The van der Waals surface area contributed by atoms with E-state index in [1.807, 2.05) is 0 Å². The Labute approximate surface area is 92.2 Å². The van der Waals surface area contributed by atoms with Gasteiger partial charge in [-0.15, -0.1) is 0 Å². The summed E-state index contributed by atoms with van der Waals surface area (Å²) < 4.78 is 0. The second-order valence-electron chi connectivity index (χ2n) is 3.56. The molecular weight excluding hydrogens is 206 g/mol. The van der Waals surface area contributed by atoms with Crippen molar-refractivity contribution >= 4 is 5.97 Å². The lowest BCUT2D eigenvalue weighted by Gasteiger charge is -2.02. The molecule has 0 saturated heterocycles. The van der Waals surface area contributed by atoms with Crippen LogP contribution in [-0.2, 0) is 0 Å². The zero-order chi connectivity index (χ0) is 11.7. The van der Waals surface area contributed by atoms with E-state index in [1.54, 1.807) is 31.2 Å². The summed E-state index contributed by atoms with van der Waals surface area (Å²) >= 11 is 0. The topological polar surface area (TPSA) is 73.3 Å². The van der Waals surface area contributed by atoms with Gasteiger partial charge in [-0.3, -0.25) is 0 Å². The van der Waals surface area contributed by atoms with Crippen molar-refractivity contribution in [2.45, 2.75) is 6.92 Å². The number of benzene rings is 1. The molecule has 16 heavy (non-hydrogen) atoms. The van der Waals surface area contributed by atoms with Crippen LogP contribution in [0.5, 0.6) is 5.75 Å². The van der Waals surface area contributed by atoms with E-state index in [-0.39, 0.29) is 11.4 Å². The van der Waals surface area contributed by atoms with Crippen LogP contribution in [0.25, 0.3) is 11.1 Å². The summed E-state index contributed by atoms with van der Waals surface area (Å²) in [7, 11) is 0. The highest BCUT2D eigenvalue weighted by molar-refractivity contribution is 5.95. The number of phenolic OH excluding ortho intramolecular Hbond substituents is 1. The number of carboxylic acid groups (broad SMARTS) is 1. The number of hydrogen-bond acceptors (Lipinski definition) is 2. The highest BCUT2D eigenvalue weighted by Gasteiger charge is 2.16. The van der Waals surface area contributed by atoms with Crippen molar-refractivity contribution in [3.8, 4) is 16.9 Å². The monoisotopic (exact) mass is 217 g/mol. The second kappa shape index (κ2) is 3.73. The lowest BCUT2D eigenvalue weighted by Crippen LogP contribution is -1.98. The zero-order valence-electron chi connectivity index (χ0n) is 8.69. The molecule has 0 unspecified atom stereocenters. The molecule has 82 valence electrons. The van der Waals surface area contributed by atoms with E-state index in [2.05, 4.69) is 4.98 Å². The molecule has 2 aromatic rings. The lowest BCUT2D eigenvalue weighted by atomic mass is 10.0. The Kier molecular flexibility index (Phi) is 2.40. The van der Waals surface area contributed by atoms with Gasteiger partial charge in [0.05, 0.1) is 0 Å². The van der Waals surface area contributed by atoms with E-state index in [1.165, 1.54) is 6.07 Å². The smallest absolute Gasteiger partial charge is 0.352 e. The van der Waals surface area contributed by atoms with Crippen LogP contribution in [0.2, 0.25) is 0 Å². The van der Waals surface area contributed by atoms with Gasteiger partial charge in [-0.25, -0.2) is 4.79 Å². The molecule has 1 heterocycles. The van der Waals surface area contributed by atoms with E-state index in [9.17, 15) is 9.90 Å². The molecule has 2 rings (SSSR count). The Morgan fingerprint density at radius 2 is 1.94 bits per heavy atom. The molecule has 1 aromatic carbocycles. The fourth-order valence-electron chi connectivity index (χ4n) is 1.67. The van der Waals surface area contributed by atoms with Crippen molar-refractivity contribution in [2.75, 3.05) is 0 Å². The molecule has 1 aromatic heterocycles. The zero-order valence-corrected chi connectivity index (χ0v) is 8.69. The van der Waals surface area contributed by atoms with Crippen LogP contribution in [-0.4, -0.2) is 21.2 Å². The predicted octanol–water partition coefficient (Wildman–Crippen LogP) is 2.39. The molecule has 0 aliphatic rings. The number of hydrogen-bond donors (Lipinski definition) is 3. The number of aromatic amines is 1. The Morgan fingerprint density at radius 3 is 2.56 bits per heavy atom. The van der Waals surface area contributed by atoms with Crippen LogP contribution in [0.1, 0.15) is 16.2 Å². The SMILES string of the molecule is Cc1cc(-c2ccccc2O)c(C(=O)O)[nH]1. The largest absolute Gasteiger partial charge is 0.507 e. The van der Waals surface area contributed by atoms with E-state index < -0.39 is 5.97 Å². The fourth-order valence-corrected chi connectivity index (χ4v) is 1.67. The third-order valence-corrected chi connectivity index (χ3v) is 2.36. The number of aromatic carboxylic acids is 1. The van der Waals surface area contributed by atoms with Gasteiger partial charge < -0.3 is 15.2 Å². The molecule has 3 N–H and O–H groups in total. The van der Waals surface area contributed by atoms with E-state index in [4.69, 9.17) is 5.11 Å². The first-order chi connectivity index (χ1) is 7.59. The molecule has 0 amide bonds. The number of para-hydroxylation sites is 1. The summed E-state index contributed by atoms with van der Waals surface area (Å²) in [6, 6.07) is 8.37. The molecule has 0 spiro atoms. The van der Waals surface area contributed by atoms with Gasteiger partial charge in [0.2, 0.25) is 0 Å². The maximum atomic E-state index is 11.0. The highest BCUT2D eigenvalue weighted by atomic mass is 16.4. The summed E-state index contributed by atoms with van der Waals surface area (Å²) in [5.41, 5.74) is 1.86. The molecule has 0 aliphatic heterocycles. The summed E-state index contributed by atoms with van der Waals surface area (Å²) in [6.07, 6.45) is 0. The molecule has 0 saturated carbocycles. The van der Waals surface area contributed by atoms with Crippen LogP contribution >= 0.6 is 0 Å². The van der Waals surface area contributed by atoms with Gasteiger partial charge in [0.1, 0.15) is 11.4 Å². The van der Waals surface area contributed by atoms with Crippen molar-refractivity contribution < 1.29 is 15.0 Å². The first kappa shape index (κ1) is 10.3. The summed E-state index contributed by atoms with van der Waals surface area (Å²) in [5, 5.41) is 18.7. The number of aromatic nitrogens is 1. The van der Waals surface area contributed by atoms with Crippen LogP contribution < -0.4 is 0 Å². The van der Waals surface area contributed by atoms with E-state index >= 15 is 0 Å². The number of aryl methyl sites for hydroxylation is 1. The molecule has 0 aliphatic carbocycles. The molecule has 4 nitrogen and oxygen atoms in total. The number of carbonyl (C=O) groups is 1. The molecule has 0 atom stereocenters. The minimum absolute atomic E-state index is 0.0731. The van der Waals surface area contributed by atoms with Gasteiger partial charge in [-0.05, 0) is 19.1 Å². The van der Waals surface area contributed by atoms with Crippen molar-refractivity contribution in [3.05, 3.63) is 41.7 Å².